The number of aromatic nitrogens is 3. The highest BCUT2D eigenvalue weighted by Crippen LogP contribution is 2.15. The second kappa shape index (κ2) is 13.0. The zero-order valence-electron chi connectivity index (χ0n) is 19.2. The van der Waals surface area contributed by atoms with Gasteiger partial charge in [-0.1, -0.05) is 48.5 Å². The van der Waals surface area contributed by atoms with E-state index in [9.17, 15) is 0 Å². The van der Waals surface area contributed by atoms with Crippen LogP contribution in [0.2, 0.25) is 0 Å². The largest absolute Gasteiger partial charge is 0.357 e. The molecule has 2 aromatic carbocycles. The summed E-state index contributed by atoms with van der Waals surface area (Å²) in [6.45, 7) is 6.32. The summed E-state index contributed by atoms with van der Waals surface area (Å²) in [4.78, 5) is 9.30. The van der Waals surface area contributed by atoms with Gasteiger partial charge in [0.25, 0.3) is 0 Å². The summed E-state index contributed by atoms with van der Waals surface area (Å²) in [6.07, 6.45) is 7.93. The average Bonchev–Trinajstić information content (AvgIpc) is 3.44. The molecule has 4 rings (SSSR count). The van der Waals surface area contributed by atoms with E-state index in [2.05, 4.69) is 92.5 Å². The van der Waals surface area contributed by atoms with E-state index in [1.165, 1.54) is 16.5 Å². The third-order valence-electron chi connectivity index (χ3n) is 5.49. The van der Waals surface area contributed by atoms with E-state index in [0.717, 1.165) is 57.3 Å². The van der Waals surface area contributed by atoms with Crippen LogP contribution in [0.15, 0.2) is 84.2 Å². The van der Waals surface area contributed by atoms with Crippen molar-refractivity contribution < 1.29 is 0 Å². The molecule has 0 fully saturated rings. The minimum Gasteiger partial charge on any atom is -0.357 e. The maximum absolute atomic E-state index is 4.76. The Balaban J connectivity index is 0.00000306. The zero-order chi connectivity index (χ0) is 22.0. The topological polar surface area (TPSA) is 59.2 Å². The first-order valence-corrected chi connectivity index (χ1v) is 11.4. The normalized spacial score (nSPS) is 11.4. The molecule has 0 aliphatic rings. The monoisotopic (exact) mass is 556 g/mol. The van der Waals surface area contributed by atoms with Crippen molar-refractivity contribution in [3.05, 3.63) is 90.6 Å². The first kappa shape index (κ1) is 24.8. The summed E-state index contributed by atoms with van der Waals surface area (Å²) in [7, 11) is 0. The van der Waals surface area contributed by atoms with Gasteiger partial charge in [0.1, 0.15) is 5.82 Å². The van der Waals surface area contributed by atoms with E-state index in [1.807, 2.05) is 18.5 Å². The van der Waals surface area contributed by atoms with Gasteiger partial charge >= 0.3 is 0 Å². The molecule has 2 N–H and O–H groups in total. The Morgan fingerprint density at radius 2 is 1.76 bits per heavy atom. The van der Waals surface area contributed by atoms with Crippen molar-refractivity contribution in [1.29, 1.82) is 0 Å². The minimum absolute atomic E-state index is 0. The van der Waals surface area contributed by atoms with Crippen LogP contribution >= 0.6 is 24.0 Å². The molecule has 0 spiro atoms. The maximum atomic E-state index is 4.76. The maximum Gasteiger partial charge on any atom is 0.191 e. The molecule has 7 heteroatoms. The predicted molar refractivity (Wildman–Crippen MR) is 147 cm³/mol. The lowest BCUT2D eigenvalue weighted by Gasteiger charge is -2.12. The summed E-state index contributed by atoms with van der Waals surface area (Å²) in [5.41, 5.74) is 2.57. The average molecular weight is 556 g/mol. The molecule has 0 aliphatic heterocycles. The molecule has 0 atom stereocenters. The van der Waals surface area contributed by atoms with Crippen LogP contribution < -0.4 is 10.6 Å². The van der Waals surface area contributed by atoms with Gasteiger partial charge in [-0.3, -0.25) is 4.99 Å². The van der Waals surface area contributed by atoms with E-state index in [1.54, 1.807) is 0 Å². The molecule has 6 nitrogen and oxygen atoms in total. The highest BCUT2D eigenvalue weighted by molar-refractivity contribution is 14.0. The molecule has 0 radical (unpaired) electrons. The Bertz CT molecular complexity index is 1130. The van der Waals surface area contributed by atoms with Crippen molar-refractivity contribution in [2.45, 2.75) is 32.9 Å². The minimum atomic E-state index is 0. The van der Waals surface area contributed by atoms with Gasteiger partial charge in [-0.2, -0.15) is 0 Å². The molecule has 33 heavy (non-hydrogen) atoms. The van der Waals surface area contributed by atoms with E-state index < -0.39 is 0 Å². The first-order chi connectivity index (χ1) is 15.8. The van der Waals surface area contributed by atoms with Gasteiger partial charge in [0, 0.05) is 63.3 Å². The van der Waals surface area contributed by atoms with Crippen LogP contribution in [0.3, 0.4) is 0 Å². The Kier molecular flexibility index (Phi) is 9.80. The SMILES string of the molecule is CCNC(=NCCCn1ccc2ccccc21)NCCc1nccn1Cc1ccccc1.I. The summed E-state index contributed by atoms with van der Waals surface area (Å²) >= 11 is 0. The third-order valence-corrected chi connectivity index (χ3v) is 5.49. The van der Waals surface area contributed by atoms with Gasteiger partial charge in [-0.25, -0.2) is 4.98 Å². The first-order valence-electron chi connectivity index (χ1n) is 11.4. The number of guanidine groups is 1. The molecule has 4 aromatic rings. The highest BCUT2D eigenvalue weighted by atomic mass is 127. The number of nitrogens with one attached hydrogen (secondary N) is 2. The zero-order valence-corrected chi connectivity index (χ0v) is 21.5. The number of aliphatic imine (C=N–C) groups is 1. The van der Waals surface area contributed by atoms with E-state index in [4.69, 9.17) is 4.99 Å². The van der Waals surface area contributed by atoms with Crippen molar-refractivity contribution in [3.8, 4) is 0 Å². The number of imidazole rings is 1. The molecule has 0 amide bonds. The number of aryl methyl sites for hydroxylation is 1. The third kappa shape index (κ3) is 7.08. The van der Waals surface area contributed by atoms with Crippen LogP contribution in [-0.2, 0) is 19.5 Å². The lowest BCUT2D eigenvalue weighted by atomic mass is 10.2. The van der Waals surface area contributed by atoms with Crippen molar-refractivity contribution in [2.24, 2.45) is 4.99 Å². The molecular formula is C26H33IN6. The van der Waals surface area contributed by atoms with E-state index in [0.29, 0.717) is 0 Å². The quantitative estimate of drug-likeness (QED) is 0.129. The van der Waals surface area contributed by atoms with Gasteiger partial charge in [-0.05, 0) is 36.4 Å². The van der Waals surface area contributed by atoms with Crippen molar-refractivity contribution in [2.75, 3.05) is 19.6 Å². The van der Waals surface area contributed by atoms with Crippen LogP contribution in [-0.4, -0.2) is 39.7 Å². The molecule has 2 heterocycles. The Morgan fingerprint density at radius 1 is 0.939 bits per heavy atom. The van der Waals surface area contributed by atoms with E-state index >= 15 is 0 Å². The Hall–Kier alpha value is -2.81. The van der Waals surface area contributed by atoms with Crippen molar-refractivity contribution >= 4 is 40.8 Å². The number of hydrogen-bond acceptors (Lipinski definition) is 2. The van der Waals surface area contributed by atoms with Gasteiger partial charge in [0.15, 0.2) is 5.96 Å². The predicted octanol–water partition coefficient (Wildman–Crippen LogP) is 4.69. The molecule has 0 saturated carbocycles. The number of rotatable bonds is 10. The van der Waals surface area contributed by atoms with Crippen molar-refractivity contribution in [3.63, 3.8) is 0 Å². The smallest absolute Gasteiger partial charge is 0.191 e. The second-order valence-corrected chi connectivity index (χ2v) is 7.82. The van der Waals surface area contributed by atoms with Crippen molar-refractivity contribution in [1.82, 2.24) is 24.8 Å². The molecule has 0 bridgehead atoms. The molecule has 0 unspecified atom stereocenters. The van der Waals surface area contributed by atoms with Crippen LogP contribution in [0.25, 0.3) is 10.9 Å². The second-order valence-electron chi connectivity index (χ2n) is 7.82. The number of para-hydroxylation sites is 1. The standard InChI is InChI=1S/C26H32N6.HI/c1-2-27-26(29-15-8-18-31-19-14-23-11-6-7-12-24(23)31)30-16-13-25-28-17-20-32(25)21-22-9-4-3-5-10-22;/h3-7,9-12,14,17,19-20H,2,8,13,15-16,18,21H2,1H3,(H2,27,29,30);1H. The van der Waals surface area contributed by atoms with Gasteiger partial charge in [-0.15, -0.1) is 24.0 Å². The fraction of sp³-hybridized carbons (Fsp3) is 0.308. The lowest BCUT2D eigenvalue weighted by Crippen LogP contribution is -2.38. The lowest BCUT2D eigenvalue weighted by molar-refractivity contribution is 0.663. The molecular weight excluding hydrogens is 523 g/mol. The summed E-state index contributed by atoms with van der Waals surface area (Å²) in [5.74, 6) is 1.95. The Morgan fingerprint density at radius 3 is 2.61 bits per heavy atom. The van der Waals surface area contributed by atoms with Crippen LogP contribution in [0, 0.1) is 0 Å². The fourth-order valence-electron chi connectivity index (χ4n) is 3.89. The van der Waals surface area contributed by atoms with Crippen LogP contribution in [0.5, 0.6) is 0 Å². The summed E-state index contributed by atoms with van der Waals surface area (Å²) in [6, 6.07) is 21.2. The highest BCUT2D eigenvalue weighted by Gasteiger charge is 2.05. The van der Waals surface area contributed by atoms with E-state index in [-0.39, 0.29) is 24.0 Å². The number of fused-ring (bicyclic) bond motifs is 1. The summed E-state index contributed by atoms with van der Waals surface area (Å²) < 4.78 is 4.51. The van der Waals surface area contributed by atoms with Crippen LogP contribution in [0.1, 0.15) is 24.7 Å². The number of nitrogens with zero attached hydrogens (tertiary/aromatic N) is 4. The Labute approximate surface area is 213 Å². The van der Waals surface area contributed by atoms with Gasteiger partial charge in [0.2, 0.25) is 0 Å². The number of hydrogen-bond donors (Lipinski definition) is 2. The van der Waals surface area contributed by atoms with Crippen LogP contribution in [0.4, 0.5) is 0 Å². The van der Waals surface area contributed by atoms with Gasteiger partial charge < -0.3 is 19.8 Å². The van der Waals surface area contributed by atoms with Gasteiger partial charge in [0.05, 0.1) is 0 Å². The fourth-order valence-corrected chi connectivity index (χ4v) is 3.89. The molecule has 2 aromatic heterocycles. The molecule has 0 aliphatic carbocycles. The molecule has 174 valence electrons. The number of benzene rings is 2. The number of halogens is 1. The summed E-state index contributed by atoms with van der Waals surface area (Å²) in [5, 5.41) is 8.09. The molecule has 0 saturated heterocycles.